The fraction of sp³-hybridized carbons (Fsp3) is 0.115. The number of carbonyl (C=O) groups is 2. The van der Waals surface area contributed by atoms with Crippen molar-refractivity contribution in [3.05, 3.63) is 89.0 Å². The summed E-state index contributed by atoms with van der Waals surface area (Å²) < 4.78 is 16.1. The number of amides is 1. The maximum Gasteiger partial charge on any atom is 0.300 e. The fourth-order valence-electron chi connectivity index (χ4n) is 4.12. The van der Waals surface area contributed by atoms with Gasteiger partial charge in [-0.15, -0.1) is 0 Å². The van der Waals surface area contributed by atoms with Gasteiger partial charge in [-0.3, -0.25) is 14.5 Å². The zero-order chi connectivity index (χ0) is 23.8. The number of nitriles is 1. The van der Waals surface area contributed by atoms with Crippen molar-refractivity contribution < 1.29 is 28.9 Å². The second-order valence-electron chi connectivity index (χ2n) is 7.67. The van der Waals surface area contributed by atoms with Gasteiger partial charge in [-0.2, -0.15) is 5.26 Å². The van der Waals surface area contributed by atoms with E-state index in [1.165, 1.54) is 12.0 Å². The number of hydrogen-bond donors (Lipinski definition) is 1. The molecular weight excluding hydrogens is 436 g/mol. The van der Waals surface area contributed by atoms with E-state index in [4.69, 9.17) is 19.5 Å². The largest absolute Gasteiger partial charge is 0.507 e. The van der Waals surface area contributed by atoms with Crippen molar-refractivity contribution in [1.82, 2.24) is 0 Å². The number of ether oxygens (including phenoxy) is 3. The standard InChI is InChI=1S/C26H18N2O6/c1-32-19-4-2-3-16(11-19)23-22(24(29)17-7-10-20-21(12-17)34-14-33-20)25(30)26(31)28(23)18-8-5-15(13-27)6-9-18/h2-12,23,29H,14H2,1H3/b24-22-. The Morgan fingerprint density at radius 2 is 1.82 bits per heavy atom. The summed E-state index contributed by atoms with van der Waals surface area (Å²) in [7, 11) is 1.52. The Morgan fingerprint density at radius 3 is 2.56 bits per heavy atom. The van der Waals surface area contributed by atoms with Crippen LogP contribution in [0.1, 0.15) is 22.7 Å². The molecule has 34 heavy (non-hydrogen) atoms. The van der Waals surface area contributed by atoms with Crippen molar-refractivity contribution in [2.75, 3.05) is 18.8 Å². The van der Waals surface area contributed by atoms with Crippen LogP contribution in [0.5, 0.6) is 17.2 Å². The van der Waals surface area contributed by atoms with Gasteiger partial charge in [0.15, 0.2) is 11.5 Å². The highest BCUT2D eigenvalue weighted by atomic mass is 16.7. The number of ketones is 1. The average molecular weight is 454 g/mol. The summed E-state index contributed by atoms with van der Waals surface area (Å²) in [6, 6.07) is 19.2. The molecule has 2 aliphatic rings. The van der Waals surface area contributed by atoms with Gasteiger partial charge >= 0.3 is 0 Å². The molecule has 3 aromatic carbocycles. The van der Waals surface area contributed by atoms with Crippen molar-refractivity contribution >= 4 is 23.1 Å². The number of benzene rings is 3. The minimum Gasteiger partial charge on any atom is -0.507 e. The molecule has 1 N–H and O–H groups in total. The molecule has 0 bridgehead atoms. The highest BCUT2D eigenvalue weighted by Gasteiger charge is 2.47. The van der Waals surface area contributed by atoms with Gasteiger partial charge < -0.3 is 19.3 Å². The van der Waals surface area contributed by atoms with Crippen LogP contribution in [-0.2, 0) is 9.59 Å². The predicted octanol–water partition coefficient (Wildman–Crippen LogP) is 3.92. The second-order valence-corrected chi connectivity index (χ2v) is 7.67. The molecule has 2 heterocycles. The summed E-state index contributed by atoms with van der Waals surface area (Å²) in [5.41, 5.74) is 1.65. The van der Waals surface area contributed by atoms with Gasteiger partial charge in [0.2, 0.25) is 6.79 Å². The van der Waals surface area contributed by atoms with E-state index in [0.29, 0.717) is 39.6 Å². The third-order valence-electron chi connectivity index (χ3n) is 5.77. The Kier molecular flexibility index (Phi) is 5.15. The maximum atomic E-state index is 13.3. The SMILES string of the molecule is COc1cccc(C2/C(=C(/O)c3ccc4c(c3)OCO4)C(=O)C(=O)N2c2ccc(C#N)cc2)c1. The predicted molar refractivity (Wildman–Crippen MR) is 121 cm³/mol. The molecule has 8 nitrogen and oxygen atoms in total. The first-order chi connectivity index (χ1) is 16.5. The lowest BCUT2D eigenvalue weighted by Crippen LogP contribution is -2.29. The number of Topliss-reactive ketones (excluding diaryl/α,β-unsaturated/α-hetero) is 1. The summed E-state index contributed by atoms with van der Waals surface area (Å²) >= 11 is 0. The first-order valence-corrected chi connectivity index (χ1v) is 10.4. The smallest absolute Gasteiger partial charge is 0.300 e. The minimum atomic E-state index is -0.923. The first-order valence-electron chi connectivity index (χ1n) is 10.4. The number of methoxy groups -OCH3 is 1. The summed E-state index contributed by atoms with van der Waals surface area (Å²) in [6.45, 7) is 0.0619. The number of fused-ring (bicyclic) bond motifs is 1. The van der Waals surface area contributed by atoms with Gasteiger partial charge in [0, 0.05) is 11.3 Å². The van der Waals surface area contributed by atoms with E-state index in [1.807, 2.05) is 6.07 Å². The fourth-order valence-corrected chi connectivity index (χ4v) is 4.12. The van der Waals surface area contributed by atoms with Crippen LogP contribution in [0.4, 0.5) is 5.69 Å². The molecule has 5 rings (SSSR count). The maximum absolute atomic E-state index is 13.3. The number of hydrogen-bond acceptors (Lipinski definition) is 7. The van der Waals surface area contributed by atoms with E-state index in [1.54, 1.807) is 66.7 Å². The molecule has 168 valence electrons. The molecule has 1 unspecified atom stereocenters. The Morgan fingerprint density at radius 1 is 1.06 bits per heavy atom. The van der Waals surface area contributed by atoms with E-state index in [9.17, 15) is 14.7 Å². The molecule has 0 aliphatic carbocycles. The third kappa shape index (κ3) is 3.40. The highest BCUT2D eigenvalue weighted by Crippen LogP contribution is 2.44. The van der Waals surface area contributed by atoms with Crippen LogP contribution < -0.4 is 19.1 Å². The minimum absolute atomic E-state index is 0.0619. The van der Waals surface area contributed by atoms with E-state index in [0.717, 1.165) is 0 Å². The molecule has 2 aliphatic heterocycles. The van der Waals surface area contributed by atoms with Crippen molar-refractivity contribution in [3.63, 3.8) is 0 Å². The Balaban J connectivity index is 1.70. The number of carbonyl (C=O) groups excluding carboxylic acids is 2. The summed E-state index contributed by atoms with van der Waals surface area (Å²) in [5.74, 6) is -0.457. The number of rotatable bonds is 4. The van der Waals surface area contributed by atoms with Crippen molar-refractivity contribution in [2.45, 2.75) is 6.04 Å². The topological polar surface area (TPSA) is 109 Å². The van der Waals surface area contributed by atoms with E-state index < -0.39 is 17.7 Å². The molecular formula is C26H18N2O6. The van der Waals surface area contributed by atoms with Gasteiger partial charge in [0.25, 0.3) is 11.7 Å². The van der Waals surface area contributed by atoms with Crippen LogP contribution in [0.3, 0.4) is 0 Å². The van der Waals surface area contributed by atoms with Crippen LogP contribution in [0.25, 0.3) is 5.76 Å². The molecule has 8 heteroatoms. The lowest BCUT2D eigenvalue weighted by atomic mass is 9.94. The normalized spacial score (nSPS) is 18.1. The number of aliphatic hydroxyl groups excluding tert-OH is 1. The van der Waals surface area contributed by atoms with Crippen molar-refractivity contribution in [2.24, 2.45) is 0 Å². The second kappa shape index (κ2) is 8.30. The molecule has 0 radical (unpaired) electrons. The van der Waals surface area contributed by atoms with Gasteiger partial charge in [0.05, 0.1) is 30.4 Å². The Hall–Kier alpha value is -4.77. The van der Waals surface area contributed by atoms with E-state index >= 15 is 0 Å². The van der Waals surface area contributed by atoms with Crippen LogP contribution in [0.2, 0.25) is 0 Å². The van der Waals surface area contributed by atoms with Gasteiger partial charge in [-0.25, -0.2) is 0 Å². The van der Waals surface area contributed by atoms with Gasteiger partial charge in [0.1, 0.15) is 11.5 Å². The molecule has 0 aromatic heterocycles. The molecule has 0 spiro atoms. The molecule has 1 fully saturated rings. The van der Waals surface area contributed by atoms with Gasteiger partial charge in [-0.05, 0) is 60.2 Å². The molecule has 1 atom stereocenters. The molecule has 1 saturated heterocycles. The molecule has 0 saturated carbocycles. The molecule has 1 amide bonds. The van der Waals surface area contributed by atoms with Crippen LogP contribution in [0.15, 0.2) is 72.3 Å². The third-order valence-corrected chi connectivity index (χ3v) is 5.77. The lowest BCUT2D eigenvalue weighted by molar-refractivity contribution is -0.132. The van der Waals surface area contributed by atoms with Crippen molar-refractivity contribution in [3.8, 4) is 23.3 Å². The van der Waals surface area contributed by atoms with Crippen LogP contribution >= 0.6 is 0 Å². The zero-order valence-electron chi connectivity index (χ0n) is 18.0. The number of anilines is 1. The summed E-state index contributed by atoms with van der Waals surface area (Å²) in [5, 5.41) is 20.4. The van der Waals surface area contributed by atoms with Crippen LogP contribution in [0, 0.1) is 11.3 Å². The zero-order valence-corrected chi connectivity index (χ0v) is 18.0. The Labute approximate surface area is 194 Å². The lowest BCUT2D eigenvalue weighted by Gasteiger charge is -2.25. The summed E-state index contributed by atoms with van der Waals surface area (Å²) in [4.78, 5) is 27.8. The number of nitrogens with zero attached hydrogens (tertiary/aromatic N) is 2. The van der Waals surface area contributed by atoms with Gasteiger partial charge in [-0.1, -0.05) is 12.1 Å². The Bertz CT molecular complexity index is 1390. The van der Waals surface area contributed by atoms with E-state index in [2.05, 4.69) is 0 Å². The quantitative estimate of drug-likeness (QED) is 0.361. The van der Waals surface area contributed by atoms with Crippen molar-refractivity contribution in [1.29, 1.82) is 5.26 Å². The molecule has 3 aromatic rings. The number of aliphatic hydroxyl groups is 1. The van der Waals surface area contributed by atoms with E-state index in [-0.39, 0.29) is 18.1 Å². The first kappa shape index (κ1) is 21.1. The summed E-state index contributed by atoms with van der Waals surface area (Å²) in [6.07, 6.45) is 0. The highest BCUT2D eigenvalue weighted by molar-refractivity contribution is 6.51. The average Bonchev–Trinajstić information content (AvgIpc) is 3.45. The van der Waals surface area contributed by atoms with Crippen LogP contribution in [-0.4, -0.2) is 30.7 Å². The monoisotopic (exact) mass is 454 g/mol.